The van der Waals surface area contributed by atoms with Crippen LogP contribution in [0.1, 0.15) is 4.88 Å². The molecule has 0 saturated heterocycles. The monoisotopic (exact) mass is 218 g/mol. The molecule has 1 rings (SSSR count). The highest BCUT2D eigenvalue weighted by molar-refractivity contribution is 7.16. The fraction of sp³-hybridized carbons (Fsp3) is 0.375. The molecule has 1 aromatic rings. The highest BCUT2D eigenvalue weighted by atomic mass is 35.5. The number of aliphatic hydroxyl groups is 1. The number of aliphatic hydroxyl groups excluding tert-OH is 1. The predicted octanol–water partition coefficient (Wildman–Crippen LogP) is 1.91. The zero-order valence-electron chi connectivity index (χ0n) is 7.33. The molecule has 0 spiro atoms. The number of halogens is 1. The summed E-state index contributed by atoms with van der Waals surface area (Å²) in [7, 11) is 1.90. The molecule has 0 aliphatic heterocycles. The number of hydrogen-bond donors (Lipinski definition) is 1. The van der Waals surface area contributed by atoms with Crippen molar-refractivity contribution in [3.63, 3.8) is 0 Å². The molecule has 0 atom stereocenters. The fourth-order valence-corrected chi connectivity index (χ4v) is 1.94. The van der Waals surface area contributed by atoms with Crippen molar-refractivity contribution < 1.29 is 5.11 Å². The van der Waals surface area contributed by atoms with Crippen molar-refractivity contribution in [1.82, 2.24) is 4.98 Å². The molecule has 5 heteroatoms. The third-order valence-electron chi connectivity index (χ3n) is 1.51. The van der Waals surface area contributed by atoms with Gasteiger partial charge in [0.05, 0.1) is 11.5 Å². The van der Waals surface area contributed by atoms with Gasteiger partial charge in [-0.05, 0) is 0 Å². The van der Waals surface area contributed by atoms with Gasteiger partial charge in [-0.2, -0.15) is 0 Å². The number of hydrogen-bond acceptors (Lipinski definition) is 4. The van der Waals surface area contributed by atoms with E-state index in [9.17, 15) is 0 Å². The molecule has 3 nitrogen and oxygen atoms in total. The highest BCUT2D eigenvalue weighted by Crippen LogP contribution is 2.28. The summed E-state index contributed by atoms with van der Waals surface area (Å²) in [6, 6.07) is 0. The van der Waals surface area contributed by atoms with Gasteiger partial charge in [-0.3, -0.25) is 0 Å². The summed E-state index contributed by atoms with van der Waals surface area (Å²) in [6.45, 7) is 4.29. The molecule has 1 N–H and O–H groups in total. The van der Waals surface area contributed by atoms with E-state index < -0.39 is 0 Å². The minimum atomic E-state index is -0.0571. The van der Waals surface area contributed by atoms with Crippen LogP contribution in [0.15, 0.2) is 12.7 Å². The molecule has 72 valence electrons. The first kappa shape index (κ1) is 10.5. The van der Waals surface area contributed by atoms with E-state index in [1.165, 1.54) is 11.3 Å². The molecular formula is C8H11ClN2OS. The maximum atomic E-state index is 8.89. The summed E-state index contributed by atoms with van der Waals surface area (Å²) < 4.78 is 0. The molecule has 0 aliphatic rings. The van der Waals surface area contributed by atoms with E-state index >= 15 is 0 Å². The van der Waals surface area contributed by atoms with E-state index in [4.69, 9.17) is 16.7 Å². The van der Waals surface area contributed by atoms with E-state index in [1.54, 1.807) is 6.08 Å². The summed E-state index contributed by atoms with van der Waals surface area (Å²) >= 11 is 7.17. The van der Waals surface area contributed by atoms with E-state index in [1.807, 2.05) is 11.9 Å². The minimum Gasteiger partial charge on any atom is -0.391 e. The van der Waals surface area contributed by atoms with Gasteiger partial charge < -0.3 is 10.0 Å². The van der Waals surface area contributed by atoms with Gasteiger partial charge >= 0.3 is 0 Å². The molecular weight excluding hydrogens is 208 g/mol. The maximum absolute atomic E-state index is 8.89. The van der Waals surface area contributed by atoms with Crippen LogP contribution in [0.2, 0.25) is 5.15 Å². The molecule has 0 amide bonds. The van der Waals surface area contributed by atoms with Crippen LogP contribution < -0.4 is 4.90 Å². The van der Waals surface area contributed by atoms with Crippen LogP contribution >= 0.6 is 22.9 Å². The van der Waals surface area contributed by atoms with Crippen LogP contribution in [0.3, 0.4) is 0 Å². The zero-order valence-corrected chi connectivity index (χ0v) is 8.90. The van der Waals surface area contributed by atoms with E-state index in [0.29, 0.717) is 16.6 Å². The Labute approximate surface area is 86.3 Å². The average molecular weight is 219 g/mol. The standard InChI is InChI=1S/C8H11ClN2OS/c1-3-4-11(2)8-10-7(9)6(5-12)13-8/h3,12H,1,4-5H2,2H3. The summed E-state index contributed by atoms with van der Waals surface area (Å²) in [6.07, 6.45) is 1.79. The number of rotatable bonds is 4. The quantitative estimate of drug-likeness (QED) is 0.785. The second-order valence-electron chi connectivity index (χ2n) is 2.54. The van der Waals surface area contributed by atoms with E-state index in [2.05, 4.69) is 11.6 Å². The lowest BCUT2D eigenvalue weighted by Crippen LogP contribution is -2.15. The topological polar surface area (TPSA) is 36.4 Å². The lowest BCUT2D eigenvalue weighted by atomic mass is 10.6. The van der Waals surface area contributed by atoms with Crippen LogP contribution in [0, 0.1) is 0 Å². The van der Waals surface area contributed by atoms with Crippen molar-refractivity contribution >= 4 is 28.1 Å². The lowest BCUT2D eigenvalue weighted by molar-refractivity contribution is 0.285. The number of anilines is 1. The molecule has 0 fully saturated rings. The van der Waals surface area contributed by atoms with Crippen LogP contribution in [0.4, 0.5) is 5.13 Å². The smallest absolute Gasteiger partial charge is 0.187 e. The Morgan fingerprint density at radius 1 is 1.77 bits per heavy atom. The van der Waals surface area contributed by atoms with Crippen molar-refractivity contribution in [2.45, 2.75) is 6.61 Å². The minimum absolute atomic E-state index is 0.0571. The summed E-state index contributed by atoms with van der Waals surface area (Å²) in [5, 5.41) is 10.1. The summed E-state index contributed by atoms with van der Waals surface area (Å²) in [4.78, 5) is 6.72. The van der Waals surface area contributed by atoms with E-state index in [0.717, 1.165) is 5.13 Å². The number of likely N-dealkylation sites (N-methyl/N-ethyl adjacent to an activating group) is 1. The molecule has 1 aromatic heterocycles. The van der Waals surface area contributed by atoms with Crippen LogP contribution in [0.5, 0.6) is 0 Å². The number of nitrogens with zero attached hydrogens (tertiary/aromatic N) is 2. The first-order valence-electron chi connectivity index (χ1n) is 3.77. The molecule has 13 heavy (non-hydrogen) atoms. The Morgan fingerprint density at radius 3 is 2.92 bits per heavy atom. The van der Waals surface area contributed by atoms with Gasteiger partial charge in [0, 0.05) is 13.6 Å². The van der Waals surface area contributed by atoms with Crippen molar-refractivity contribution in [3.05, 3.63) is 22.7 Å². The van der Waals surface area contributed by atoms with E-state index in [-0.39, 0.29) is 6.61 Å². The zero-order chi connectivity index (χ0) is 9.84. The van der Waals surface area contributed by atoms with Crippen molar-refractivity contribution in [2.75, 3.05) is 18.5 Å². The Balaban J connectivity index is 2.83. The fourth-order valence-electron chi connectivity index (χ4n) is 0.854. The average Bonchev–Trinajstić information content (AvgIpc) is 2.47. The van der Waals surface area contributed by atoms with Gasteiger partial charge in [-0.1, -0.05) is 29.0 Å². The SMILES string of the molecule is C=CCN(C)c1nc(Cl)c(CO)s1. The van der Waals surface area contributed by atoms with Crippen molar-refractivity contribution in [1.29, 1.82) is 0 Å². The Hall–Kier alpha value is -0.580. The normalized spacial score (nSPS) is 10.1. The molecule has 0 aliphatic carbocycles. The first-order valence-corrected chi connectivity index (χ1v) is 4.96. The van der Waals surface area contributed by atoms with Gasteiger partial charge in [0.2, 0.25) is 0 Å². The second-order valence-corrected chi connectivity index (χ2v) is 3.96. The maximum Gasteiger partial charge on any atom is 0.187 e. The van der Waals surface area contributed by atoms with Crippen molar-refractivity contribution in [3.8, 4) is 0 Å². The van der Waals surface area contributed by atoms with Crippen LogP contribution in [-0.2, 0) is 6.61 Å². The molecule has 0 radical (unpaired) electrons. The molecule has 1 heterocycles. The van der Waals surface area contributed by atoms with Crippen LogP contribution in [0.25, 0.3) is 0 Å². The number of aromatic nitrogens is 1. The van der Waals surface area contributed by atoms with Crippen molar-refractivity contribution in [2.24, 2.45) is 0 Å². The van der Waals surface area contributed by atoms with Gasteiger partial charge in [-0.25, -0.2) is 4.98 Å². The Morgan fingerprint density at radius 2 is 2.46 bits per heavy atom. The predicted molar refractivity (Wildman–Crippen MR) is 56.5 cm³/mol. The molecule has 0 bridgehead atoms. The summed E-state index contributed by atoms with van der Waals surface area (Å²) in [5.74, 6) is 0. The molecule has 0 unspecified atom stereocenters. The van der Waals surface area contributed by atoms with Gasteiger partial charge in [0.15, 0.2) is 5.13 Å². The third kappa shape index (κ3) is 2.43. The number of thiazole rings is 1. The molecule has 0 saturated carbocycles. The Kier molecular flexibility index (Phi) is 3.71. The lowest BCUT2D eigenvalue weighted by Gasteiger charge is -2.11. The summed E-state index contributed by atoms with van der Waals surface area (Å²) in [5.41, 5.74) is 0. The van der Waals surface area contributed by atoms with Gasteiger partial charge in [0.25, 0.3) is 0 Å². The third-order valence-corrected chi connectivity index (χ3v) is 3.09. The van der Waals surface area contributed by atoms with Gasteiger partial charge in [0.1, 0.15) is 5.15 Å². The highest BCUT2D eigenvalue weighted by Gasteiger charge is 2.10. The second kappa shape index (κ2) is 4.60. The first-order chi connectivity index (χ1) is 6.19. The van der Waals surface area contributed by atoms with Gasteiger partial charge in [-0.15, -0.1) is 6.58 Å². The largest absolute Gasteiger partial charge is 0.391 e. The van der Waals surface area contributed by atoms with Crippen LogP contribution in [-0.4, -0.2) is 23.7 Å². The Bertz CT molecular complexity index is 300. The molecule has 0 aromatic carbocycles.